The fourth-order valence-corrected chi connectivity index (χ4v) is 3.38. The Balaban J connectivity index is 1.41. The highest BCUT2D eigenvalue weighted by atomic mass is 35.5. The molecule has 3 rings (SSSR count). The molecule has 1 aliphatic rings. The molecule has 1 atom stereocenters. The first-order valence-corrected chi connectivity index (χ1v) is 9.80. The van der Waals surface area contributed by atoms with Crippen molar-refractivity contribution in [2.75, 3.05) is 31.6 Å². The lowest BCUT2D eigenvalue weighted by atomic mass is 10.2. The Morgan fingerprint density at radius 1 is 1.18 bits per heavy atom. The monoisotopic (exact) mass is 399 g/mol. The Kier molecular flexibility index (Phi) is 7.14. The number of nitrogens with one attached hydrogen (secondary N) is 3. The lowest BCUT2D eigenvalue weighted by Crippen LogP contribution is -2.47. The first-order chi connectivity index (χ1) is 13.6. The van der Waals surface area contributed by atoms with E-state index in [2.05, 4.69) is 31.9 Å². The second-order valence-corrected chi connectivity index (χ2v) is 7.18. The molecule has 7 heteroatoms. The van der Waals surface area contributed by atoms with Gasteiger partial charge < -0.3 is 20.9 Å². The van der Waals surface area contributed by atoms with Gasteiger partial charge in [-0.2, -0.15) is 0 Å². The zero-order valence-electron chi connectivity index (χ0n) is 16.0. The SMILES string of the molecule is CN=C(NCC(=O)NCc1ccccc1)NC1CCN(c2cccc(Cl)c2)C1. The lowest BCUT2D eigenvalue weighted by molar-refractivity contribution is -0.120. The summed E-state index contributed by atoms with van der Waals surface area (Å²) in [4.78, 5) is 18.6. The lowest BCUT2D eigenvalue weighted by Gasteiger charge is -2.20. The second kappa shape index (κ2) is 9.99. The summed E-state index contributed by atoms with van der Waals surface area (Å²) < 4.78 is 0. The molecule has 0 bridgehead atoms. The molecule has 1 saturated heterocycles. The van der Waals surface area contributed by atoms with E-state index in [1.54, 1.807) is 7.05 Å². The van der Waals surface area contributed by atoms with Gasteiger partial charge in [0.15, 0.2) is 5.96 Å². The van der Waals surface area contributed by atoms with Gasteiger partial charge in [-0.1, -0.05) is 48.0 Å². The number of amides is 1. The summed E-state index contributed by atoms with van der Waals surface area (Å²) in [7, 11) is 1.71. The molecule has 148 valence electrons. The zero-order chi connectivity index (χ0) is 19.8. The number of anilines is 1. The molecule has 2 aromatic rings. The van der Waals surface area contributed by atoms with Gasteiger partial charge in [0.25, 0.3) is 0 Å². The second-order valence-electron chi connectivity index (χ2n) is 6.74. The molecule has 0 radical (unpaired) electrons. The van der Waals surface area contributed by atoms with Gasteiger partial charge in [0, 0.05) is 43.4 Å². The number of halogens is 1. The standard InChI is InChI=1S/C21H26ClN5O/c1-23-21(25-14-20(28)24-13-16-6-3-2-4-7-16)26-18-10-11-27(15-18)19-9-5-8-17(22)12-19/h2-9,12,18H,10-11,13-15H2,1H3,(H,24,28)(H2,23,25,26). The molecule has 1 unspecified atom stereocenters. The van der Waals surface area contributed by atoms with Crippen molar-refractivity contribution < 1.29 is 4.79 Å². The Morgan fingerprint density at radius 2 is 2.00 bits per heavy atom. The summed E-state index contributed by atoms with van der Waals surface area (Å²) >= 11 is 6.09. The Labute approximate surface area is 171 Å². The maximum Gasteiger partial charge on any atom is 0.239 e. The molecule has 1 amide bonds. The largest absolute Gasteiger partial charge is 0.369 e. The predicted octanol–water partition coefficient (Wildman–Crippen LogP) is 2.40. The van der Waals surface area contributed by atoms with Crippen molar-refractivity contribution in [3.05, 3.63) is 65.2 Å². The highest BCUT2D eigenvalue weighted by Gasteiger charge is 2.23. The van der Waals surface area contributed by atoms with Gasteiger partial charge in [0.1, 0.15) is 0 Å². The topological polar surface area (TPSA) is 68.8 Å². The fraction of sp³-hybridized carbons (Fsp3) is 0.333. The molecule has 1 heterocycles. The third-order valence-electron chi connectivity index (χ3n) is 4.67. The van der Waals surface area contributed by atoms with Crippen LogP contribution in [0, 0.1) is 0 Å². The Bertz CT molecular complexity index is 811. The van der Waals surface area contributed by atoms with E-state index in [4.69, 9.17) is 11.6 Å². The van der Waals surface area contributed by atoms with E-state index >= 15 is 0 Å². The molecule has 1 aliphatic heterocycles. The summed E-state index contributed by atoms with van der Waals surface area (Å²) in [6, 6.07) is 18.0. The zero-order valence-corrected chi connectivity index (χ0v) is 16.7. The Hall–Kier alpha value is -2.73. The highest BCUT2D eigenvalue weighted by Crippen LogP contribution is 2.23. The van der Waals surface area contributed by atoms with Crippen LogP contribution in [-0.2, 0) is 11.3 Å². The summed E-state index contributed by atoms with van der Waals surface area (Å²) in [5.74, 6) is 0.562. The smallest absolute Gasteiger partial charge is 0.239 e. The van der Waals surface area contributed by atoms with Gasteiger partial charge in [-0.15, -0.1) is 0 Å². The summed E-state index contributed by atoms with van der Waals surface area (Å²) in [6.07, 6.45) is 0.993. The van der Waals surface area contributed by atoms with Crippen molar-refractivity contribution in [3.8, 4) is 0 Å². The van der Waals surface area contributed by atoms with Gasteiger partial charge in [-0.3, -0.25) is 9.79 Å². The van der Waals surface area contributed by atoms with Crippen LogP contribution in [0.15, 0.2) is 59.6 Å². The van der Waals surface area contributed by atoms with Crippen LogP contribution in [0.3, 0.4) is 0 Å². The number of carbonyl (C=O) groups excluding carboxylic acids is 1. The molecule has 0 aromatic heterocycles. The van der Waals surface area contributed by atoms with Crippen molar-refractivity contribution in [3.63, 3.8) is 0 Å². The predicted molar refractivity (Wildman–Crippen MR) is 115 cm³/mol. The van der Waals surface area contributed by atoms with Crippen LogP contribution in [0.25, 0.3) is 0 Å². The van der Waals surface area contributed by atoms with E-state index in [9.17, 15) is 4.79 Å². The van der Waals surface area contributed by atoms with Crippen molar-refractivity contribution >= 4 is 29.2 Å². The van der Waals surface area contributed by atoms with E-state index in [-0.39, 0.29) is 18.5 Å². The molecule has 2 aromatic carbocycles. The number of nitrogens with zero attached hydrogens (tertiary/aromatic N) is 2. The number of carbonyl (C=O) groups is 1. The van der Waals surface area contributed by atoms with Crippen LogP contribution in [0.1, 0.15) is 12.0 Å². The molecule has 0 aliphatic carbocycles. The van der Waals surface area contributed by atoms with Crippen LogP contribution in [0.5, 0.6) is 0 Å². The van der Waals surface area contributed by atoms with Crippen molar-refractivity contribution in [2.24, 2.45) is 4.99 Å². The maximum atomic E-state index is 12.1. The molecule has 1 fully saturated rings. The minimum atomic E-state index is -0.0706. The third kappa shape index (κ3) is 5.89. The minimum Gasteiger partial charge on any atom is -0.369 e. The van der Waals surface area contributed by atoms with Gasteiger partial charge in [0.2, 0.25) is 5.91 Å². The number of hydrogen-bond donors (Lipinski definition) is 3. The first kappa shape index (κ1) is 20.0. The summed E-state index contributed by atoms with van der Waals surface area (Å²) in [6.45, 7) is 2.51. The normalized spacial score (nSPS) is 16.7. The maximum absolute atomic E-state index is 12.1. The Morgan fingerprint density at radius 3 is 2.75 bits per heavy atom. The van der Waals surface area contributed by atoms with E-state index in [1.165, 1.54) is 0 Å². The van der Waals surface area contributed by atoms with E-state index in [1.807, 2.05) is 48.5 Å². The van der Waals surface area contributed by atoms with E-state index in [0.29, 0.717) is 12.5 Å². The molecule has 0 spiro atoms. The van der Waals surface area contributed by atoms with Crippen LogP contribution in [-0.4, -0.2) is 44.6 Å². The number of aliphatic imine (C=N–C) groups is 1. The minimum absolute atomic E-state index is 0.0706. The van der Waals surface area contributed by atoms with Gasteiger partial charge in [0.05, 0.1) is 6.54 Å². The van der Waals surface area contributed by atoms with Crippen molar-refractivity contribution in [1.82, 2.24) is 16.0 Å². The van der Waals surface area contributed by atoms with E-state index < -0.39 is 0 Å². The average Bonchev–Trinajstić information content (AvgIpc) is 3.19. The number of rotatable bonds is 6. The molecule has 3 N–H and O–H groups in total. The average molecular weight is 400 g/mol. The van der Waals surface area contributed by atoms with Gasteiger partial charge >= 0.3 is 0 Å². The summed E-state index contributed by atoms with van der Waals surface area (Å²) in [5.41, 5.74) is 2.20. The molecule has 0 saturated carbocycles. The molecular weight excluding hydrogens is 374 g/mol. The van der Waals surface area contributed by atoms with Crippen LogP contribution < -0.4 is 20.9 Å². The summed E-state index contributed by atoms with van der Waals surface area (Å²) in [5, 5.41) is 10.1. The molecule has 28 heavy (non-hydrogen) atoms. The van der Waals surface area contributed by atoms with Gasteiger partial charge in [-0.25, -0.2) is 0 Å². The third-order valence-corrected chi connectivity index (χ3v) is 4.91. The van der Waals surface area contributed by atoms with Crippen molar-refractivity contribution in [2.45, 2.75) is 19.0 Å². The van der Waals surface area contributed by atoms with Crippen molar-refractivity contribution in [1.29, 1.82) is 0 Å². The quantitative estimate of drug-likeness (QED) is 0.515. The number of guanidine groups is 1. The van der Waals surface area contributed by atoms with Gasteiger partial charge in [-0.05, 0) is 30.2 Å². The number of benzene rings is 2. The fourth-order valence-electron chi connectivity index (χ4n) is 3.20. The first-order valence-electron chi connectivity index (χ1n) is 9.42. The highest BCUT2D eigenvalue weighted by molar-refractivity contribution is 6.30. The van der Waals surface area contributed by atoms with E-state index in [0.717, 1.165) is 35.8 Å². The van der Waals surface area contributed by atoms with Crippen LogP contribution in [0.2, 0.25) is 5.02 Å². The molecular formula is C21H26ClN5O. The van der Waals surface area contributed by atoms with Crippen LogP contribution >= 0.6 is 11.6 Å². The molecule has 6 nitrogen and oxygen atoms in total. The van der Waals surface area contributed by atoms with Crippen LogP contribution in [0.4, 0.5) is 5.69 Å². The number of hydrogen-bond acceptors (Lipinski definition) is 3.